The summed E-state index contributed by atoms with van der Waals surface area (Å²) >= 11 is 0. The van der Waals surface area contributed by atoms with E-state index in [9.17, 15) is 4.79 Å². The Morgan fingerprint density at radius 3 is 2.48 bits per heavy atom. The molecule has 0 aliphatic carbocycles. The Hall–Kier alpha value is -2.90. The lowest BCUT2D eigenvalue weighted by molar-refractivity contribution is 0.0935. The predicted octanol–water partition coefficient (Wildman–Crippen LogP) is 2.44. The lowest BCUT2D eigenvalue weighted by Crippen LogP contribution is -2.35. The van der Waals surface area contributed by atoms with Gasteiger partial charge in [0.25, 0.3) is 5.91 Å². The van der Waals surface area contributed by atoms with E-state index < -0.39 is 0 Å². The second-order valence-corrected chi connectivity index (χ2v) is 7.54. The molecule has 1 amide bonds. The zero-order valence-corrected chi connectivity index (χ0v) is 17.7. The van der Waals surface area contributed by atoms with Crippen LogP contribution in [0.15, 0.2) is 48.7 Å². The second-order valence-electron chi connectivity index (χ2n) is 7.54. The summed E-state index contributed by atoms with van der Waals surface area (Å²) in [5.41, 5.74) is 3.24. The summed E-state index contributed by atoms with van der Waals surface area (Å²) in [6, 6.07) is 13.7. The van der Waals surface area contributed by atoms with Crippen LogP contribution in [0.1, 0.15) is 27.8 Å². The normalized spacial score (nSPS) is 12.5. The maximum atomic E-state index is 13.0. The highest BCUT2D eigenvalue weighted by Gasteiger charge is 2.21. The largest absolute Gasteiger partial charge is 0.497 e. The standard InChI is InChI=1S/C22H29N5O2/c1-25(2)15-19-21(24-20-8-6-7-13-27(19)20)22(28)23-14-18(26(3)4)16-9-11-17(29-5)12-10-16/h6-13,18H,14-15H2,1-5H3,(H,23,28). The van der Waals surface area contributed by atoms with Crippen molar-refractivity contribution in [2.24, 2.45) is 0 Å². The van der Waals surface area contributed by atoms with Crippen molar-refractivity contribution in [1.29, 1.82) is 0 Å². The molecule has 3 rings (SSSR count). The summed E-state index contributed by atoms with van der Waals surface area (Å²) in [6.07, 6.45) is 1.94. The van der Waals surface area contributed by atoms with Crippen molar-refractivity contribution in [2.45, 2.75) is 12.6 Å². The van der Waals surface area contributed by atoms with Gasteiger partial charge in [-0.1, -0.05) is 18.2 Å². The molecule has 0 aliphatic heterocycles. The molecule has 1 N–H and O–H groups in total. The highest BCUT2D eigenvalue weighted by Crippen LogP contribution is 2.21. The summed E-state index contributed by atoms with van der Waals surface area (Å²) in [4.78, 5) is 21.7. The third kappa shape index (κ3) is 4.75. The van der Waals surface area contributed by atoms with E-state index in [0.29, 0.717) is 18.8 Å². The number of methoxy groups -OCH3 is 1. The van der Waals surface area contributed by atoms with E-state index in [2.05, 4.69) is 15.2 Å². The second kappa shape index (κ2) is 9.07. The zero-order valence-electron chi connectivity index (χ0n) is 17.7. The molecule has 7 heteroatoms. The summed E-state index contributed by atoms with van der Waals surface area (Å²) in [6.45, 7) is 1.11. The predicted molar refractivity (Wildman–Crippen MR) is 114 cm³/mol. The van der Waals surface area contributed by atoms with Gasteiger partial charge in [0.1, 0.15) is 11.4 Å². The number of amides is 1. The molecular weight excluding hydrogens is 366 g/mol. The Bertz CT molecular complexity index is 963. The average Bonchev–Trinajstić information content (AvgIpc) is 3.06. The van der Waals surface area contributed by atoms with Gasteiger partial charge in [-0.25, -0.2) is 4.98 Å². The topological polar surface area (TPSA) is 62.1 Å². The Morgan fingerprint density at radius 1 is 1.14 bits per heavy atom. The van der Waals surface area contributed by atoms with E-state index in [0.717, 1.165) is 22.7 Å². The lowest BCUT2D eigenvalue weighted by atomic mass is 10.1. The molecule has 1 unspecified atom stereocenters. The number of pyridine rings is 1. The van der Waals surface area contributed by atoms with E-state index in [1.54, 1.807) is 7.11 Å². The number of fused-ring (bicyclic) bond motifs is 1. The maximum absolute atomic E-state index is 13.0. The molecule has 2 heterocycles. The molecule has 1 atom stereocenters. The van der Waals surface area contributed by atoms with Crippen LogP contribution < -0.4 is 10.1 Å². The number of rotatable bonds is 8. The summed E-state index contributed by atoms with van der Waals surface area (Å²) < 4.78 is 7.22. The third-order valence-electron chi connectivity index (χ3n) is 4.89. The van der Waals surface area contributed by atoms with Crippen molar-refractivity contribution in [3.05, 3.63) is 65.6 Å². The monoisotopic (exact) mass is 395 g/mol. The van der Waals surface area contributed by atoms with Gasteiger partial charge < -0.3 is 24.3 Å². The minimum Gasteiger partial charge on any atom is -0.497 e. The van der Waals surface area contributed by atoms with Gasteiger partial charge in [-0.3, -0.25) is 4.79 Å². The van der Waals surface area contributed by atoms with Gasteiger partial charge in [-0.2, -0.15) is 0 Å². The minimum atomic E-state index is -0.161. The Balaban J connectivity index is 1.81. The number of hydrogen-bond donors (Lipinski definition) is 1. The van der Waals surface area contributed by atoms with Gasteiger partial charge in [0.2, 0.25) is 0 Å². The molecule has 0 spiro atoms. The van der Waals surface area contributed by atoms with Gasteiger partial charge in [0.15, 0.2) is 5.69 Å². The Labute approximate surface area is 171 Å². The first-order valence-corrected chi connectivity index (χ1v) is 9.60. The van der Waals surface area contributed by atoms with Gasteiger partial charge >= 0.3 is 0 Å². The highest BCUT2D eigenvalue weighted by atomic mass is 16.5. The van der Waals surface area contributed by atoms with E-state index in [1.807, 2.05) is 86.2 Å². The fourth-order valence-corrected chi connectivity index (χ4v) is 3.38. The first-order valence-electron chi connectivity index (χ1n) is 9.60. The van der Waals surface area contributed by atoms with Crippen LogP contribution >= 0.6 is 0 Å². The van der Waals surface area contributed by atoms with Gasteiger partial charge in [0.05, 0.1) is 18.8 Å². The molecule has 1 aromatic carbocycles. The molecular formula is C22H29N5O2. The highest BCUT2D eigenvalue weighted by molar-refractivity contribution is 5.94. The van der Waals surface area contributed by atoms with E-state index in [-0.39, 0.29) is 11.9 Å². The molecule has 0 aliphatic rings. The fourth-order valence-electron chi connectivity index (χ4n) is 3.38. The first-order chi connectivity index (χ1) is 13.9. The molecule has 3 aromatic rings. The average molecular weight is 396 g/mol. The molecule has 0 radical (unpaired) electrons. The number of hydrogen-bond acceptors (Lipinski definition) is 5. The molecule has 7 nitrogen and oxygen atoms in total. The van der Waals surface area contributed by atoms with Gasteiger partial charge in [-0.05, 0) is 58.0 Å². The molecule has 0 bridgehead atoms. The number of ether oxygens (including phenoxy) is 1. The van der Waals surface area contributed by atoms with Crippen LogP contribution in [-0.4, -0.2) is 66.9 Å². The summed E-state index contributed by atoms with van der Waals surface area (Å²) in [5.74, 6) is 0.652. The van der Waals surface area contributed by atoms with Crippen LogP contribution in [0.25, 0.3) is 5.65 Å². The molecule has 0 saturated heterocycles. The van der Waals surface area contributed by atoms with Gasteiger partial charge in [-0.15, -0.1) is 0 Å². The molecule has 0 saturated carbocycles. The Morgan fingerprint density at radius 2 is 1.86 bits per heavy atom. The van der Waals surface area contributed by atoms with Crippen molar-refractivity contribution in [3.63, 3.8) is 0 Å². The first kappa shape index (κ1) is 20.8. The third-order valence-corrected chi connectivity index (χ3v) is 4.89. The van der Waals surface area contributed by atoms with Crippen LogP contribution in [0.2, 0.25) is 0 Å². The smallest absolute Gasteiger partial charge is 0.271 e. The van der Waals surface area contributed by atoms with Crippen molar-refractivity contribution in [3.8, 4) is 5.75 Å². The minimum absolute atomic E-state index is 0.0409. The number of imidazole rings is 1. The van der Waals surface area contributed by atoms with Gasteiger partial charge in [0, 0.05) is 19.3 Å². The maximum Gasteiger partial charge on any atom is 0.271 e. The number of nitrogens with zero attached hydrogens (tertiary/aromatic N) is 4. The SMILES string of the molecule is COc1ccc(C(CNC(=O)c2nc3ccccn3c2CN(C)C)N(C)C)cc1. The van der Waals surface area contributed by atoms with Crippen LogP contribution in [0.5, 0.6) is 5.75 Å². The quantitative estimate of drug-likeness (QED) is 0.635. The number of nitrogens with one attached hydrogen (secondary N) is 1. The lowest BCUT2D eigenvalue weighted by Gasteiger charge is -2.25. The summed E-state index contributed by atoms with van der Waals surface area (Å²) in [5, 5.41) is 3.08. The van der Waals surface area contributed by atoms with Crippen molar-refractivity contribution in [1.82, 2.24) is 24.5 Å². The van der Waals surface area contributed by atoms with Crippen LogP contribution in [-0.2, 0) is 6.54 Å². The number of benzene rings is 1. The van der Waals surface area contributed by atoms with E-state index in [4.69, 9.17) is 4.74 Å². The number of likely N-dealkylation sites (N-methyl/N-ethyl adjacent to an activating group) is 1. The van der Waals surface area contributed by atoms with Crippen molar-refractivity contribution < 1.29 is 9.53 Å². The van der Waals surface area contributed by atoms with Crippen LogP contribution in [0, 0.1) is 0 Å². The van der Waals surface area contributed by atoms with Crippen LogP contribution in [0.3, 0.4) is 0 Å². The van der Waals surface area contributed by atoms with Crippen molar-refractivity contribution >= 4 is 11.6 Å². The number of carbonyl (C=O) groups is 1. The van der Waals surface area contributed by atoms with Crippen LogP contribution in [0.4, 0.5) is 0 Å². The fraction of sp³-hybridized carbons (Fsp3) is 0.364. The van der Waals surface area contributed by atoms with E-state index in [1.165, 1.54) is 0 Å². The number of aromatic nitrogens is 2. The van der Waals surface area contributed by atoms with E-state index >= 15 is 0 Å². The molecule has 2 aromatic heterocycles. The number of carbonyl (C=O) groups excluding carboxylic acids is 1. The Kier molecular flexibility index (Phi) is 6.51. The van der Waals surface area contributed by atoms with Crippen molar-refractivity contribution in [2.75, 3.05) is 41.8 Å². The summed E-state index contributed by atoms with van der Waals surface area (Å²) in [7, 11) is 9.62. The molecule has 0 fully saturated rings. The molecule has 29 heavy (non-hydrogen) atoms. The zero-order chi connectivity index (χ0) is 21.0. The molecule has 154 valence electrons.